The van der Waals surface area contributed by atoms with Crippen LogP contribution in [0.3, 0.4) is 0 Å². The van der Waals surface area contributed by atoms with Gasteiger partial charge in [0.05, 0.1) is 12.2 Å². The molecule has 0 aliphatic rings. The van der Waals surface area contributed by atoms with Crippen molar-refractivity contribution in [3.05, 3.63) is 69.8 Å². The Kier molecular flexibility index (Phi) is 4.46. The first-order valence-electron chi connectivity index (χ1n) is 6.61. The fourth-order valence-corrected chi connectivity index (χ4v) is 2.77. The highest BCUT2D eigenvalue weighted by Crippen LogP contribution is 2.20. The average molecular weight is 330 g/mol. The zero-order valence-electron chi connectivity index (χ0n) is 11.5. The van der Waals surface area contributed by atoms with Gasteiger partial charge in [0.25, 0.3) is 5.91 Å². The Morgan fingerprint density at radius 1 is 1.23 bits per heavy atom. The van der Waals surface area contributed by atoms with Gasteiger partial charge < -0.3 is 5.32 Å². The molecule has 2 aromatic heterocycles. The number of pyridine rings is 1. The van der Waals surface area contributed by atoms with Crippen molar-refractivity contribution in [2.75, 3.05) is 0 Å². The van der Waals surface area contributed by atoms with Crippen LogP contribution in [0, 0.1) is 0 Å². The minimum Gasteiger partial charge on any atom is -0.346 e. The fourth-order valence-electron chi connectivity index (χ4n) is 1.90. The molecule has 6 heteroatoms. The van der Waals surface area contributed by atoms with Gasteiger partial charge in [0.1, 0.15) is 5.01 Å². The predicted octanol–water partition coefficient (Wildman–Crippen LogP) is 3.79. The summed E-state index contributed by atoms with van der Waals surface area (Å²) in [6.07, 6.45) is 3.49. The van der Waals surface area contributed by atoms with Crippen molar-refractivity contribution in [3.63, 3.8) is 0 Å². The SMILES string of the molecule is O=C(NCc1nc(-c2cccnc2)cs1)c1ccc(Cl)cc1. The third-order valence-corrected chi connectivity index (χ3v) is 4.12. The molecule has 3 rings (SSSR count). The Morgan fingerprint density at radius 3 is 2.77 bits per heavy atom. The minimum atomic E-state index is -0.144. The maximum Gasteiger partial charge on any atom is 0.251 e. The van der Waals surface area contributed by atoms with Gasteiger partial charge in [-0.3, -0.25) is 9.78 Å². The van der Waals surface area contributed by atoms with Crippen LogP contribution in [0.2, 0.25) is 5.02 Å². The number of nitrogens with zero attached hydrogens (tertiary/aromatic N) is 2. The lowest BCUT2D eigenvalue weighted by Crippen LogP contribution is -2.22. The van der Waals surface area contributed by atoms with Crippen molar-refractivity contribution in [1.82, 2.24) is 15.3 Å². The summed E-state index contributed by atoms with van der Waals surface area (Å²) in [6.45, 7) is 0.395. The van der Waals surface area contributed by atoms with Gasteiger partial charge in [-0.25, -0.2) is 4.98 Å². The molecule has 4 nitrogen and oxygen atoms in total. The Hall–Kier alpha value is -2.24. The van der Waals surface area contributed by atoms with Gasteiger partial charge in [0.2, 0.25) is 0 Å². The molecule has 0 atom stereocenters. The quantitative estimate of drug-likeness (QED) is 0.792. The second-order valence-electron chi connectivity index (χ2n) is 4.56. The van der Waals surface area contributed by atoms with Crippen LogP contribution < -0.4 is 5.32 Å². The lowest BCUT2D eigenvalue weighted by Gasteiger charge is -2.03. The standard InChI is InChI=1S/C16H12ClN3OS/c17-13-5-3-11(4-6-13)16(21)19-9-15-20-14(10-22-15)12-2-1-7-18-8-12/h1-8,10H,9H2,(H,19,21). The van der Waals surface area contributed by atoms with Crippen LogP contribution in [-0.4, -0.2) is 15.9 Å². The van der Waals surface area contributed by atoms with E-state index in [0.717, 1.165) is 16.3 Å². The molecule has 110 valence electrons. The van der Waals surface area contributed by atoms with Crippen molar-refractivity contribution in [3.8, 4) is 11.3 Å². The molecular weight excluding hydrogens is 318 g/mol. The molecule has 0 bridgehead atoms. The number of carbonyl (C=O) groups is 1. The van der Waals surface area contributed by atoms with E-state index in [1.807, 2.05) is 17.5 Å². The van der Waals surface area contributed by atoms with Crippen molar-refractivity contribution in [2.24, 2.45) is 0 Å². The van der Waals surface area contributed by atoms with E-state index in [1.165, 1.54) is 11.3 Å². The summed E-state index contributed by atoms with van der Waals surface area (Å²) in [6, 6.07) is 10.6. The van der Waals surface area contributed by atoms with Gasteiger partial charge in [-0.05, 0) is 36.4 Å². The molecule has 0 aliphatic heterocycles. The first-order chi connectivity index (χ1) is 10.7. The normalized spacial score (nSPS) is 10.4. The number of aromatic nitrogens is 2. The Labute approximate surface area is 136 Å². The highest BCUT2D eigenvalue weighted by molar-refractivity contribution is 7.09. The number of hydrogen-bond donors (Lipinski definition) is 1. The average Bonchev–Trinajstić information content (AvgIpc) is 3.03. The highest BCUT2D eigenvalue weighted by atomic mass is 35.5. The maximum absolute atomic E-state index is 12.0. The zero-order valence-corrected chi connectivity index (χ0v) is 13.1. The second kappa shape index (κ2) is 6.68. The summed E-state index contributed by atoms with van der Waals surface area (Å²) in [4.78, 5) is 20.6. The van der Waals surface area contributed by atoms with Crippen LogP contribution >= 0.6 is 22.9 Å². The number of hydrogen-bond acceptors (Lipinski definition) is 4. The maximum atomic E-state index is 12.0. The largest absolute Gasteiger partial charge is 0.346 e. The van der Waals surface area contributed by atoms with E-state index in [2.05, 4.69) is 15.3 Å². The van der Waals surface area contributed by atoms with E-state index in [-0.39, 0.29) is 5.91 Å². The molecule has 0 aliphatic carbocycles. The number of carbonyl (C=O) groups excluding carboxylic acids is 1. The molecule has 22 heavy (non-hydrogen) atoms. The van der Waals surface area contributed by atoms with E-state index in [9.17, 15) is 4.79 Å². The van der Waals surface area contributed by atoms with Crippen LogP contribution in [0.1, 0.15) is 15.4 Å². The van der Waals surface area contributed by atoms with Crippen LogP contribution in [0.4, 0.5) is 0 Å². The van der Waals surface area contributed by atoms with E-state index in [1.54, 1.807) is 36.7 Å². The number of rotatable bonds is 4. The summed E-state index contributed by atoms with van der Waals surface area (Å²) >= 11 is 7.31. The van der Waals surface area contributed by atoms with Gasteiger partial charge in [-0.1, -0.05) is 11.6 Å². The van der Waals surface area contributed by atoms with Gasteiger partial charge in [-0.2, -0.15) is 0 Å². The molecule has 1 amide bonds. The first-order valence-corrected chi connectivity index (χ1v) is 7.87. The number of thiazole rings is 1. The second-order valence-corrected chi connectivity index (χ2v) is 5.94. The molecule has 3 aromatic rings. The third kappa shape index (κ3) is 3.50. The molecule has 1 N–H and O–H groups in total. The smallest absolute Gasteiger partial charge is 0.251 e. The summed E-state index contributed by atoms with van der Waals surface area (Å²) in [5.74, 6) is -0.144. The molecule has 1 aromatic carbocycles. The predicted molar refractivity (Wildman–Crippen MR) is 88.0 cm³/mol. The molecule has 0 radical (unpaired) electrons. The van der Waals surface area contributed by atoms with Gasteiger partial charge >= 0.3 is 0 Å². The first kappa shape index (κ1) is 14.7. The van der Waals surface area contributed by atoms with Gasteiger partial charge in [0.15, 0.2) is 0 Å². The topological polar surface area (TPSA) is 54.9 Å². The number of nitrogens with one attached hydrogen (secondary N) is 1. The summed E-state index contributed by atoms with van der Waals surface area (Å²) in [5, 5.41) is 6.27. The van der Waals surface area contributed by atoms with Crippen molar-refractivity contribution >= 4 is 28.8 Å². The van der Waals surface area contributed by atoms with E-state index in [4.69, 9.17) is 11.6 Å². The zero-order chi connectivity index (χ0) is 15.4. The molecule has 0 fully saturated rings. The third-order valence-electron chi connectivity index (χ3n) is 3.02. The Balaban J connectivity index is 1.64. The summed E-state index contributed by atoms with van der Waals surface area (Å²) < 4.78 is 0. The fraction of sp³-hybridized carbons (Fsp3) is 0.0625. The molecule has 0 spiro atoms. The lowest BCUT2D eigenvalue weighted by molar-refractivity contribution is 0.0951. The summed E-state index contributed by atoms with van der Waals surface area (Å²) in [7, 11) is 0. The molecule has 0 saturated heterocycles. The summed E-state index contributed by atoms with van der Waals surface area (Å²) in [5.41, 5.74) is 2.41. The molecular formula is C16H12ClN3OS. The van der Waals surface area contributed by atoms with Gasteiger partial charge in [0, 0.05) is 33.9 Å². The van der Waals surface area contributed by atoms with Gasteiger partial charge in [-0.15, -0.1) is 11.3 Å². The number of halogens is 1. The van der Waals surface area contributed by atoms with E-state index < -0.39 is 0 Å². The molecule has 0 unspecified atom stereocenters. The van der Waals surface area contributed by atoms with Crippen LogP contribution in [0.25, 0.3) is 11.3 Å². The molecule has 2 heterocycles. The minimum absolute atomic E-state index is 0.144. The Morgan fingerprint density at radius 2 is 2.05 bits per heavy atom. The number of amides is 1. The Bertz CT molecular complexity index is 772. The van der Waals surface area contributed by atoms with Crippen LogP contribution in [0.5, 0.6) is 0 Å². The van der Waals surface area contributed by atoms with Crippen LogP contribution in [0.15, 0.2) is 54.2 Å². The van der Waals surface area contributed by atoms with Crippen molar-refractivity contribution in [2.45, 2.75) is 6.54 Å². The highest BCUT2D eigenvalue weighted by Gasteiger charge is 2.08. The number of benzene rings is 1. The molecule has 0 saturated carbocycles. The van der Waals surface area contributed by atoms with E-state index in [0.29, 0.717) is 17.1 Å². The van der Waals surface area contributed by atoms with Crippen LogP contribution in [-0.2, 0) is 6.54 Å². The lowest BCUT2D eigenvalue weighted by atomic mass is 10.2. The van der Waals surface area contributed by atoms with Crippen molar-refractivity contribution < 1.29 is 4.79 Å². The van der Waals surface area contributed by atoms with E-state index >= 15 is 0 Å². The monoisotopic (exact) mass is 329 g/mol. The van der Waals surface area contributed by atoms with Crippen molar-refractivity contribution in [1.29, 1.82) is 0 Å².